The van der Waals surface area contributed by atoms with E-state index in [4.69, 9.17) is 4.74 Å². The van der Waals surface area contributed by atoms with Gasteiger partial charge in [0.1, 0.15) is 6.10 Å². The van der Waals surface area contributed by atoms with Gasteiger partial charge in [-0.05, 0) is 32.8 Å². The molecule has 5 unspecified atom stereocenters. The quantitative estimate of drug-likeness (QED) is 0.337. The Labute approximate surface area is 174 Å². The topological polar surface area (TPSA) is 80.7 Å². The van der Waals surface area contributed by atoms with Gasteiger partial charge in [-0.2, -0.15) is 0 Å². The summed E-state index contributed by atoms with van der Waals surface area (Å²) in [5.41, 5.74) is 1.00. The third kappa shape index (κ3) is 6.02. The number of ketones is 1. The Morgan fingerprint density at radius 1 is 1.21 bits per heavy atom. The molecule has 0 amide bonds. The Morgan fingerprint density at radius 3 is 2.38 bits per heavy atom. The molecule has 5 heteroatoms. The zero-order valence-corrected chi connectivity index (χ0v) is 18.6. The highest BCUT2D eigenvalue weighted by Gasteiger charge is 2.53. The van der Waals surface area contributed by atoms with Crippen LogP contribution >= 0.6 is 0 Å². The van der Waals surface area contributed by atoms with Crippen molar-refractivity contribution in [2.24, 2.45) is 23.2 Å². The molecule has 5 nitrogen and oxygen atoms in total. The number of carbonyl (C=O) groups excluding carboxylic acids is 2. The number of ether oxygens (including phenoxy) is 1. The van der Waals surface area contributed by atoms with Crippen LogP contribution in [0.1, 0.15) is 54.9 Å². The lowest BCUT2D eigenvalue weighted by Crippen LogP contribution is -2.38. The van der Waals surface area contributed by atoms with E-state index >= 15 is 0 Å². The van der Waals surface area contributed by atoms with E-state index in [0.717, 1.165) is 17.6 Å². The Hall–Kier alpha value is -2.43. The molecule has 0 saturated carbocycles. The number of carboxylic acids is 1. The van der Waals surface area contributed by atoms with Crippen LogP contribution in [0.2, 0.25) is 0 Å². The molecule has 29 heavy (non-hydrogen) atoms. The first-order valence-corrected chi connectivity index (χ1v) is 10.1. The molecule has 1 aliphatic rings. The van der Waals surface area contributed by atoms with Crippen molar-refractivity contribution in [1.82, 2.24) is 0 Å². The van der Waals surface area contributed by atoms with Crippen LogP contribution in [0.25, 0.3) is 0 Å². The largest absolute Gasteiger partial charge is 0.481 e. The highest BCUT2D eigenvalue weighted by atomic mass is 16.6. The molecule has 1 rings (SSSR count). The summed E-state index contributed by atoms with van der Waals surface area (Å²) in [5.74, 6) is -2.39. The summed E-state index contributed by atoms with van der Waals surface area (Å²) in [6.07, 6.45) is 11.2. The molecule has 5 atom stereocenters. The minimum atomic E-state index is -0.986. The monoisotopic (exact) mass is 402 g/mol. The second-order valence-electron chi connectivity index (χ2n) is 8.23. The minimum Gasteiger partial charge on any atom is -0.481 e. The summed E-state index contributed by atoms with van der Waals surface area (Å²) in [5, 5.41) is 9.31. The first-order valence-electron chi connectivity index (χ1n) is 10.1. The summed E-state index contributed by atoms with van der Waals surface area (Å²) in [6.45, 7) is 12.9. The second kappa shape index (κ2) is 10.4. The van der Waals surface area contributed by atoms with E-state index < -0.39 is 29.3 Å². The van der Waals surface area contributed by atoms with Gasteiger partial charge in [-0.1, -0.05) is 69.7 Å². The normalized spacial score (nSPS) is 28.0. The van der Waals surface area contributed by atoms with E-state index in [9.17, 15) is 19.5 Å². The van der Waals surface area contributed by atoms with Gasteiger partial charge in [0, 0.05) is 11.3 Å². The molecule has 0 aliphatic carbocycles. The van der Waals surface area contributed by atoms with Crippen LogP contribution in [0, 0.1) is 23.2 Å². The number of hydrogen-bond acceptors (Lipinski definition) is 4. The van der Waals surface area contributed by atoms with Crippen LogP contribution in [0.3, 0.4) is 0 Å². The molecule has 1 aliphatic heterocycles. The Balaban J connectivity index is 2.90. The van der Waals surface area contributed by atoms with Gasteiger partial charge in [0.25, 0.3) is 0 Å². The lowest BCUT2D eigenvalue weighted by Gasteiger charge is -2.30. The summed E-state index contributed by atoms with van der Waals surface area (Å²) >= 11 is 0. The van der Waals surface area contributed by atoms with Crippen LogP contribution in [-0.2, 0) is 19.1 Å². The number of Topliss-reactive ketones (excluding diaryl/α,β-unsaturated/α-hetero) is 1. The van der Waals surface area contributed by atoms with Gasteiger partial charge in [-0.15, -0.1) is 0 Å². The first kappa shape index (κ1) is 24.6. The van der Waals surface area contributed by atoms with E-state index in [1.165, 1.54) is 0 Å². The Kier molecular flexibility index (Phi) is 8.80. The van der Waals surface area contributed by atoms with Crippen LogP contribution in [0.5, 0.6) is 0 Å². The highest BCUT2D eigenvalue weighted by Crippen LogP contribution is 2.44. The summed E-state index contributed by atoms with van der Waals surface area (Å²) < 4.78 is 5.36. The van der Waals surface area contributed by atoms with Crippen molar-refractivity contribution in [3.05, 3.63) is 47.6 Å². The maximum atomic E-state index is 12.2. The predicted molar refractivity (Wildman–Crippen MR) is 114 cm³/mol. The van der Waals surface area contributed by atoms with Crippen LogP contribution in [-0.4, -0.2) is 28.9 Å². The molecule has 160 valence electrons. The molecule has 0 aromatic heterocycles. The lowest BCUT2D eigenvalue weighted by molar-refractivity contribution is -0.153. The lowest BCUT2D eigenvalue weighted by atomic mass is 9.72. The number of cyclic esters (lactones) is 1. The number of aliphatic carboxylic acids is 1. The van der Waals surface area contributed by atoms with Gasteiger partial charge >= 0.3 is 11.9 Å². The Morgan fingerprint density at radius 2 is 1.83 bits per heavy atom. The number of allylic oxidation sites excluding steroid dienone is 7. The molecule has 1 N–H and O–H groups in total. The van der Waals surface area contributed by atoms with Crippen molar-refractivity contribution < 1.29 is 24.2 Å². The predicted octanol–water partition coefficient (Wildman–Crippen LogP) is 4.90. The number of rotatable bonds is 9. The first-order chi connectivity index (χ1) is 13.5. The van der Waals surface area contributed by atoms with E-state index in [1.54, 1.807) is 13.8 Å². The molecule has 0 spiro atoms. The van der Waals surface area contributed by atoms with Gasteiger partial charge in [0.2, 0.25) is 0 Å². The van der Waals surface area contributed by atoms with Crippen molar-refractivity contribution in [1.29, 1.82) is 0 Å². The van der Waals surface area contributed by atoms with Crippen molar-refractivity contribution >= 4 is 17.7 Å². The molecule has 0 aromatic carbocycles. The standard InChI is InChI=1S/C24H34O5/c1-8-16(3)20(25)17(4)14-15(2)12-10-9-11-13-24(7)19(6)23(28)29-21(24)18(5)22(26)27/h9-14,16,18-19,21H,8H2,1-7H3,(H,26,27). The minimum absolute atomic E-state index is 0.0257. The summed E-state index contributed by atoms with van der Waals surface area (Å²) in [6, 6.07) is 0. The average Bonchev–Trinajstić information content (AvgIpc) is 2.89. The van der Waals surface area contributed by atoms with Crippen molar-refractivity contribution in [3.8, 4) is 0 Å². The Bertz CT molecular complexity index is 755. The van der Waals surface area contributed by atoms with Gasteiger partial charge < -0.3 is 9.84 Å². The van der Waals surface area contributed by atoms with Crippen LogP contribution < -0.4 is 0 Å². The fourth-order valence-corrected chi connectivity index (χ4v) is 3.43. The third-order valence-corrected chi connectivity index (χ3v) is 5.92. The van der Waals surface area contributed by atoms with Crippen molar-refractivity contribution in [2.75, 3.05) is 0 Å². The molecule has 0 radical (unpaired) electrons. The van der Waals surface area contributed by atoms with E-state index in [1.807, 2.05) is 71.1 Å². The number of hydrogen-bond donors (Lipinski definition) is 1. The molecule has 0 aromatic rings. The van der Waals surface area contributed by atoms with Gasteiger partial charge in [0.05, 0.1) is 11.8 Å². The molecular weight excluding hydrogens is 368 g/mol. The zero-order valence-electron chi connectivity index (χ0n) is 18.6. The van der Waals surface area contributed by atoms with E-state index in [-0.39, 0.29) is 17.7 Å². The molecule has 1 heterocycles. The fourth-order valence-electron chi connectivity index (χ4n) is 3.43. The SMILES string of the molecule is CCC(C)C(=O)C(C)=CC(C)=CC=CC=CC1(C)C(C)C(=O)OC1C(C)C(=O)O. The molecule has 1 saturated heterocycles. The zero-order chi connectivity index (χ0) is 22.4. The number of carbonyl (C=O) groups is 3. The molecule has 0 bridgehead atoms. The van der Waals surface area contributed by atoms with Crippen LogP contribution in [0.4, 0.5) is 0 Å². The summed E-state index contributed by atoms with van der Waals surface area (Å²) in [7, 11) is 0. The maximum absolute atomic E-state index is 12.2. The smallest absolute Gasteiger partial charge is 0.310 e. The van der Waals surface area contributed by atoms with Crippen molar-refractivity contribution in [2.45, 2.75) is 61.0 Å². The van der Waals surface area contributed by atoms with Gasteiger partial charge in [0.15, 0.2) is 5.78 Å². The number of carboxylic acid groups (broad SMARTS) is 1. The summed E-state index contributed by atoms with van der Waals surface area (Å²) in [4.78, 5) is 35.5. The van der Waals surface area contributed by atoms with Gasteiger partial charge in [-0.3, -0.25) is 14.4 Å². The molecule has 1 fully saturated rings. The fraction of sp³-hybridized carbons (Fsp3) is 0.542. The van der Waals surface area contributed by atoms with Crippen molar-refractivity contribution in [3.63, 3.8) is 0 Å². The third-order valence-electron chi connectivity index (χ3n) is 5.92. The highest BCUT2D eigenvalue weighted by molar-refractivity contribution is 5.96. The molecular formula is C24H34O5. The van der Waals surface area contributed by atoms with Gasteiger partial charge in [-0.25, -0.2) is 0 Å². The van der Waals surface area contributed by atoms with Crippen LogP contribution in [0.15, 0.2) is 47.6 Å². The number of esters is 1. The van der Waals surface area contributed by atoms with E-state index in [2.05, 4.69) is 0 Å². The average molecular weight is 403 g/mol. The van der Waals surface area contributed by atoms with E-state index in [0.29, 0.717) is 0 Å². The maximum Gasteiger partial charge on any atom is 0.310 e. The second-order valence-corrected chi connectivity index (χ2v) is 8.23.